The average molecular weight is 484 g/mol. The Morgan fingerprint density at radius 1 is 1.13 bits per heavy atom. The lowest BCUT2D eigenvalue weighted by molar-refractivity contribution is -0.137. The molecule has 0 amide bonds. The second kappa shape index (κ2) is 7.85. The van der Waals surface area contributed by atoms with Gasteiger partial charge in [0, 0.05) is 6.04 Å². The highest BCUT2D eigenvalue weighted by atomic mass is 32.2. The van der Waals surface area contributed by atoms with Crippen molar-refractivity contribution >= 4 is 19.9 Å². The maximum Gasteiger partial charge on any atom is 0.416 e. The van der Waals surface area contributed by atoms with E-state index in [2.05, 4.69) is 9.88 Å². The van der Waals surface area contributed by atoms with E-state index in [1.165, 1.54) is 13.8 Å². The fourth-order valence-corrected chi connectivity index (χ4v) is 6.99. The molecule has 0 unspecified atom stereocenters. The van der Waals surface area contributed by atoms with Gasteiger partial charge in [0.1, 0.15) is 10.6 Å². The first-order chi connectivity index (χ1) is 14.2. The molecule has 3 rings (SSSR count). The topological polar surface area (TPSA) is 106 Å². The summed E-state index contributed by atoms with van der Waals surface area (Å²) >= 11 is 0. The van der Waals surface area contributed by atoms with Gasteiger partial charge in [0.25, 0.3) is 0 Å². The number of nitrogens with zero attached hydrogens (tertiary/aromatic N) is 1. The van der Waals surface area contributed by atoms with Crippen LogP contribution in [0.4, 0.5) is 17.6 Å². The SMILES string of the molecule is Cc1noc(C)c1S(=O)(=O)NC1CCC(F)(S(=O)(=O)c2cccc(C(F)(F)F)c2)CC1. The second-order valence-corrected chi connectivity index (χ2v) is 11.3. The summed E-state index contributed by atoms with van der Waals surface area (Å²) in [7, 11) is -8.76. The van der Waals surface area contributed by atoms with E-state index in [1.807, 2.05) is 0 Å². The van der Waals surface area contributed by atoms with E-state index in [1.54, 1.807) is 0 Å². The number of nitrogens with one attached hydrogen (secondary N) is 1. The third-order valence-electron chi connectivity index (χ3n) is 5.24. The number of halogens is 4. The monoisotopic (exact) mass is 484 g/mol. The van der Waals surface area contributed by atoms with Gasteiger partial charge in [-0.1, -0.05) is 11.2 Å². The summed E-state index contributed by atoms with van der Waals surface area (Å²) in [5.41, 5.74) is -1.05. The minimum Gasteiger partial charge on any atom is -0.360 e. The molecule has 1 aromatic heterocycles. The van der Waals surface area contributed by atoms with Crippen LogP contribution in [0.3, 0.4) is 0 Å². The highest BCUT2D eigenvalue weighted by molar-refractivity contribution is 7.92. The fourth-order valence-electron chi connectivity index (χ4n) is 3.62. The number of sulfonamides is 1. The van der Waals surface area contributed by atoms with E-state index < -0.39 is 60.4 Å². The molecule has 7 nitrogen and oxygen atoms in total. The van der Waals surface area contributed by atoms with E-state index in [4.69, 9.17) is 4.52 Å². The lowest BCUT2D eigenvalue weighted by atomic mass is 9.94. The Labute approximate surface area is 176 Å². The van der Waals surface area contributed by atoms with Gasteiger partial charge >= 0.3 is 6.18 Å². The zero-order chi connectivity index (χ0) is 23.2. The lowest BCUT2D eigenvalue weighted by Gasteiger charge is -2.33. The number of alkyl halides is 4. The number of aromatic nitrogens is 1. The van der Waals surface area contributed by atoms with Crippen LogP contribution in [0.2, 0.25) is 0 Å². The summed E-state index contributed by atoms with van der Waals surface area (Å²) in [6, 6.07) is 2.17. The molecule has 1 saturated carbocycles. The summed E-state index contributed by atoms with van der Waals surface area (Å²) in [4.78, 5) is -0.902. The Bertz CT molecular complexity index is 1160. The predicted molar refractivity (Wildman–Crippen MR) is 101 cm³/mol. The van der Waals surface area contributed by atoms with Gasteiger partial charge in [-0.15, -0.1) is 0 Å². The molecule has 0 bridgehead atoms. The maximum absolute atomic E-state index is 15.4. The maximum atomic E-state index is 15.4. The minimum absolute atomic E-state index is 0.0766. The van der Waals surface area contributed by atoms with Crippen molar-refractivity contribution in [2.45, 2.75) is 66.5 Å². The molecule has 1 aliphatic carbocycles. The summed E-state index contributed by atoms with van der Waals surface area (Å²) in [6.45, 7) is 2.86. The Hall–Kier alpha value is -1.99. The first kappa shape index (κ1) is 23.7. The van der Waals surface area contributed by atoms with E-state index in [0.29, 0.717) is 12.1 Å². The smallest absolute Gasteiger partial charge is 0.360 e. The Kier molecular flexibility index (Phi) is 6.00. The van der Waals surface area contributed by atoms with Crippen LogP contribution in [0, 0.1) is 13.8 Å². The first-order valence-electron chi connectivity index (χ1n) is 9.23. The number of rotatable bonds is 5. The molecular formula is C18H20F4N2O5S2. The van der Waals surface area contributed by atoms with Crippen LogP contribution >= 0.6 is 0 Å². The lowest BCUT2D eigenvalue weighted by Crippen LogP contribution is -2.45. The van der Waals surface area contributed by atoms with Crippen LogP contribution in [0.25, 0.3) is 0 Å². The summed E-state index contributed by atoms with van der Waals surface area (Å²) < 4.78 is 112. The Morgan fingerprint density at radius 2 is 1.74 bits per heavy atom. The van der Waals surface area contributed by atoms with Crippen molar-refractivity contribution in [2.24, 2.45) is 0 Å². The van der Waals surface area contributed by atoms with Gasteiger partial charge in [-0.2, -0.15) is 13.2 Å². The molecule has 0 saturated heterocycles. The third-order valence-corrected chi connectivity index (χ3v) is 9.25. The zero-order valence-electron chi connectivity index (χ0n) is 16.5. The average Bonchev–Trinajstić information content (AvgIpc) is 3.02. The molecule has 0 spiro atoms. The first-order valence-corrected chi connectivity index (χ1v) is 12.2. The van der Waals surface area contributed by atoms with E-state index in [0.717, 1.165) is 12.1 Å². The van der Waals surface area contributed by atoms with Crippen LogP contribution in [-0.4, -0.2) is 33.0 Å². The number of hydrogen-bond donors (Lipinski definition) is 1. The van der Waals surface area contributed by atoms with E-state index in [9.17, 15) is 30.0 Å². The van der Waals surface area contributed by atoms with Gasteiger partial charge in [0.05, 0.1) is 10.5 Å². The van der Waals surface area contributed by atoms with E-state index in [-0.39, 0.29) is 29.2 Å². The predicted octanol–water partition coefficient (Wildman–Crippen LogP) is 3.67. The van der Waals surface area contributed by atoms with Crippen LogP contribution in [0.15, 0.2) is 38.6 Å². The van der Waals surface area contributed by atoms with Crippen molar-refractivity contribution in [3.8, 4) is 0 Å². The molecule has 0 atom stereocenters. The standard InChI is InChI=1S/C18H20F4N2O5S2/c1-11-16(12(2)29-23-11)31(27,28)24-14-6-8-17(19,9-7-14)30(25,26)15-5-3-4-13(10-15)18(20,21)22/h3-5,10,14,24H,6-9H2,1-2H3. The Morgan fingerprint density at radius 3 is 2.26 bits per heavy atom. The van der Waals surface area contributed by atoms with Gasteiger partial charge < -0.3 is 4.52 Å². The molecule has 0 aliphatic heterocycles. The van der Waals surface area contributed by atoms with Crippen LogP contribution in [0.5, 0.6) is 0 Å². The quantitative estimate of drug-likeness (QED) is 0.649. The van der Waals surface area contributed by atoms with Crippen LogP contribution in [-0.2, 0) is 26.0 Å². The van der Waals surface area contributed by atoms with Crippen LogP contribution < -0.4 is 4.72 Å². The molecule has 1 fully saturated rings. The van der Waals surface area contributed by atoms with Crippen molar-refractivity contribution in [3.63, 3.8) is 0 Å². The third kappa shape index (κ3) is 4.48. The van der Waals surface area contributed by atoms with Gasteiger partial charge in [0.2, 0.25) is 24.9 Å². The molecule has 172 valence electrons. The number of hydrogen-bond acceptors (Lipinski definition) is 6. The zero-order valence-corrected chi connectivity index (χ0v) is 18.2. The largest absolute Gasteiger partial charge is 0.416 e. The highest BCUT2D eigenvalue weighted by Crippen LogP contribution is 2.41. The van der Waals surface area contributed by atoms with Crippen molar-refractivity contribution < 1.29 is 38.9 Å². The number of sulfone groups is 1. The molecule has 1 aromatic carbocycles. The van der Waals surface area contributed by atoms with Crippen molar-refractivity contribution in [1.29, 1.82) is 0 Å². The highest BCUT2D eigenvalue weighted by Gasteiger charge is 2.48. The van der Waals surface area contributed by atoms with Gasteiger partial charge in [0.15, 0.2) is 5.76 Å². The Balaban J connectivity index is 1.77. The second-order valence-electron chi connectivity index (χ2n) is 7.46. The molecule has 13 heteroatoms. The molecule has 0 radical (unpaired) electrons. The molecule has 1 aliphatic rings. The van der Waals surface area contributed by atoms with Gasteiger partial charge in [-0.25, -0.2) is 25.9 Å². The molecule has 31 heavy (non-hydrogen) atoms. The summed E-state index contributed by atoms with van der Waals surface area (Å²) in [6.07, 6.45) is -6.22. The van der Waals surface area contributed by atoms with Crippen molar-refractivity contribution in [3.05, 3.63) is 41.3 Å². The van der Waals surface area contributed by atoms with Gasteiger partial charge in [-0.3, -0.25) is 0 Å². The summed E-state index contributed by atoms with van der Waals surface area (Å²) in [5.74, 6) is 0.0766. The number of benzene rings is 1. The fraction of sp³-hybridized carbons (Fsp3) is 0.500. The van der Waals surface area contributed by atoms with Crippen LogP contribution in [0.1, 0.15) is 42.7 Å². The summed E-state index contributed by atoms with van der Waals surface area (Å²) in [5, 5.41) is 0.772. The minimum atomic E-state index is -4.77. The molecular weight excluding hydrogens is 464 g/mol. The van der Waals surface area contributed by atoms with E-state index >= 15 is 4.39 Å². The van der Waals surface area contributed by atoms with Gasteiger partial charge in [-0.05, 0) is 57.7 Å². The number of aryl methyl sites for hydroxylation is 2. The normalized spacial score (nSPS) is 23.1. The van der Waals surface area contributed by atoms with Crippen molar-refractivity contribution in [1.82, 2.24) is 9.88 Å². The molecule has 1 heterocycles. The molecule has 2 aromatic rings. The van der Waals surface area contributed by atoms with Crippen molar-refractivity contribution in [2.75, 3.05) is 0 Å². The molecule has 1 N–H and O–H groups in total.